The van der Waals surface area contributed by atoms with Gasteiger partial charge in [0.2, 0.25) is 0 Å². The van der Waals surface area contributed by atoms with E-state index in [4.69, 9.17) is 11.6 Å². The van der Waals surface area contributed by atoms with Gasteiger partial charge < -0.3 is 5.32 Å². The Morgan fingerprint density at radius 2 is 2.06 bits per heavy atom. The van der Waals surface area contributed by atoms with Crippen LogP contribution in [0.4, 0.5) is 0 Å². The number of hydrogen-bond acceptors (Lipinski definition) is 2. The molecule has 1 rings (SSSR count). The van der Waals surface area contributed by atoms with Crippen molar-refractivity contribution >= 4 is 11.6 Å². The highest BCUT2D eigenvalue weighted by atomic mass is 35.5. The van der Waals surface area contributed by atoms with Crippen LogP contribution in [0, 0.1) is 6.92 Å². The second-order valence-corrected chi connectivity index (χ2v) is 4.56. The maximum atomic E-state index is 5.62. The fraction of sp³-hybridized carbons (Fsp3) is 0.750. The second kappa shape index (κ2) is 7.69. The van der Waals surface area contributed by atoms with Gasteiger partial charge in [-0.3, -0.25) is 4.68 Å². The van der Waals surface area contributed by atoms with E-state index in [-0.39, 0.29) is 0 Å². The van der Waals surface area contributed by atoms with Gasteiger partial charge in [-0.2, -0.15) is 5.10 Å². The van der Waals surface area contributed by atoms with Crippen LogP contribution in [-0.2, 0) is 13.6 Å². The molecule has 16 heavy (non-hydrogen) atoms. The summed E-state index contributed by atoms with van der Waals surface area (Å²) in [6.07, 6.45) is 4.89. The third kappa shape index (κ3) is 4.99. The summed E-state index contributed by atoms with van der Waals surface area (Å²) in [4.78, 5) is 0. The maximum Gasteiger partial charge on any atom is 0.0597 e. The van der Waals surface area contributed by atoms with Gasteiger partial charge in [0.1, 0.15) is 0 Å². The number of aromatic nitrogens is 2. The van der Waals surface area contributed by atoms with Crippen molar-refractivity contribution < 1.29 is 0 Å². The lowest BCUT2D eigenvalue weighted by atomic mass is 10.2. The number of alkyl halides is 1. The number of nitrogens with zero attached hydrogens (tertiary/aromatic N) is 2. The van der Waals surface area contributed by atoms with Crippen molar-refractivity contribution in [3.8, 4) is 0 Å². The van der Waals surface area contributed by atoms with Crippen molar-refractivity contribution in [3.05, 3.63) is 17.5 Å². The molecule has 0 aromatic carbocycles. The van der Waals surface area contributed by atoms with Crippen LogP contribution in [0.25, 0.3) is 0 Å². The van der Waals surface area contributed by atoms with Gasteiger partial charge in [-0.25, -0.2) is 0 Å². The molecule has 0 fully saturated rings. The molecule has 0 saturated carbocycles. The van der Waals surface area contributed by atoms with Crippen LogP contribution in [0.2, 0.25) is 0 Å². The third-order valence-corrected chi connectivity index (χ3v) is 2.91. The topological polar surface area (TPSA) is 29.9 Å². The Kier molecular flexibility index (Phi) is 6.50. The first kappa shape index (κ1) is 13.5. The summed E-state index contributed by atoms with van der Waals surface area (Å²) in [6, 6.07) is 2.13. The Bertz CT molecular complexity index is 296. The first-order valence-electron chi connectivity index (χ1n) is 6.00. The highest BCUT2D eigenvalue weighted by Crippen LogP contribution is 2.02. The van der Waals surface area contributed by atoms with Crippen LogP contribution in [0.3, 0.4) is 0 Å². The molecule has 1 aromatic heterocycles. The molecule has 0 spiro atoms. The molecule has 0 unspecified atom stereocenters. The fourth-order valence-electron chi connectivity index (χ4n) is 1.74. The first-order chi connectivity index (χ1) is 7.74. The van der Waals surface area contributed by atoms with Crippen LogP contribution in [-0.4, -0.2) is 22.2 Å². The SMILES string of the molecule is Cc1cc(CNCCCCCCCl)n(C)n1. The largest absolute Gasteiger partial charge is 0.311 e. The van der Waals surface area contributed by atoms with Crippen LogP contribution >= 0.6 is 11.6 Å². The summed E-state index contributed by atoms with van der Waals surface area (Å²) < 4.78 is 1.94. The van der Waals surface area contributed by atoms with Gasteiger partial charge in [-0.05, 0) is 32.4 Å². The lowest BCUT2D eigenvalue weighted by Crippen LogP contribution is -2.16. The van der Waals surface area contributed by atoms with Gasteiger partial charge in [-0.1, -0.05) is 12.8 Å². The zero-order chi connectivity index (χ0) is 11.8. The summed E-state index contributed by atoms with van der Waals surface area (Å²) in [5.74, 6) is 0.793. The number of rotatable bonds is 8. The number of halogens is 1. The molecule has 1 heterocycles. The lowest BCUT2D eigenvalue weighted by Gasteiger charge is -2.04. The van der Waals surface area contributed by atoms with Crippen molar-refractivity contribution in [1.82, 2.24) is 15.1 Å². The number of nitrogens with one attached hydrogen (secondary N) is 1. The minimum absolute atomic E-state index is 0.793. The number of aryl methyl sites for hydroxylation is 2. The molecule has 1 aromatic rings. The average molecular weight is 244 g/mol. The van der Waals surface area contributed by atoms with Crippen LogP contribution < -0.4 is 5.32 Å². The molecule has 0 aliphatic heterocycles. The van der Waals surface area contributed by atoms with Crippen molar-refractivity contribution in [3.63, 3.8) is 0 Å². The van der Waals surface area contributed by atoms with Gasteiger partial charge in [0.25, 0.3) is 0 Å². The summed E-state index contributed by atoms with van der Waals surface area (Å²) >= 11 is 5.62. The fourth-order valence-corrected chi connectivity index (χ4v) is 1.93. The predicted molar refractivity (Wildman–Crippen MR) is 68.8 cm³/mol. The molecule has 0 amide bonds. The summed E-state index contributed by atoms with van der Waals surface area (Å²) in [6.45, 7) is 4.01. The molecule has 4 heteroatoms. The summed E-state index contributed by atoms with van der Waals surface area (Å²) in [5, 5.41) is 7.75. The summed E-state index contributed by atoms with van der Waals surface area (Å²) in [5.41, 5.74) is 2.33. The van der Waals surface area contributed by atoms with E-state index in [0.29, 0.717) is 0 Å². The minimum atomic E-state index is 0.793. The highest BCUT2D eigenvalue weighted by molar-refractivity contribution is 6.17. The Hall–Kier alpha value is -0.540. The van der Waals surface area contributed by atoms with Gasteiger partial charge >= 0.3 is 0 Å². The molecule has 0 saturated heterocycles. The van der Waals surface area contributed by atoms with E-state index < -0.39 is 0 Å². The lowest BCUT2D eigenvalue weighted by molar-refractivity contribution is 0.577. The standard InChI is InChI=1S/C12H22ClN3/c1-11-9-12(16(2)15-11)10-14-8-6-4-3-5-7-13/h9,14H,3-8,10H2,1-2H3. The minimum Gasteiger partial charge on any atom is -0.311 e. The Morgan fingerprint density at radius 3 is 2.69 bits per heavy atom. The van der Waals surface area contributed by atoms with E-state index in [1.165, 1.54) is 25.0 Å². The Labute approximate surface area is 103 Å². The van der Waals surface area contributed by atoms with Crippen molar-refractivity contribution in [1.29, 1.82) is 0 Å². The molecule has 92 valence electrons. The van der Waals surface area contributed by atoms with E-state index in [0.717, 1.165) is 31.1 Å². The highest BCUT2D eigenvalue weighted by Gasteiger charge is 2.00. The first-order valence-corrected chi connectivity index (χ1v) is 6.53. The molecular formula is C12H22ClN3. The van der Waals surface area contributed by atoms with Crippen LogP contribution in [0.15, 0.2) is 6.07 Å². The molecule has 3 nitrogen and oxygen atoms in total. The average Bonchev–Trinajstić information content (AvgIpc) is 2.56. The molecular weight excluding hydrogens is 222 g/mol. The number of hydrogen-bond donors (Lipinski definition) is 1. The Morgan fingerprint density at radius 1 is 1.31 bits per heavy atom. The molecule has 0 radical (unpaired) electrons. The van der Waals surface area contributed by atoms with Crippen LogP contribution in [0.5, 0.6) is 0 Å². The quantitative estimate of drug-likeness (QED) is 0.562. The van der Waals surface area contributed by atoms with Crippen LogP contribution in [0.1, 0.15) is 37.1 Å². The monoisotopic (exact) mass is 243 g/mol. The summed E-state index contributed by atoms with van der Waals surface area (Å²) in [7, 11) is 1.99. The smallest absolute Gasteiger partial charge is 0.0597 e. The third-order valence-electron chi connectivity index (χ3n) is 2.64. The van der Waals surface area contributed by atoms with E-state index in [1.807, 2.05) is 18.7 Å². The second-order valence-electron chi connectivity index (χ2n) is 4.18. The van der Waals surface area contributed by atoms with E-state index in [9.17, 15) is 0 Å². The van der Waals surface area contributed by atoms with E-state index in [2.05, 4.69) is 16.5 Å². The predicted octanol–water partition coefficient (Wildman–Crippen LogP) is 2.62. The van der Waals surface area contributed by atoms with Gasteiger partial charge in [0, 0.05) is 19.5 Å². The van der Waals surface area contributed by atoms with Gasteiger partial charge in [-0.15, -0.1) is 11.6 Å². The molecule has 0 aliphatic carbocycles. The van der Waals surface area contributed by atoms with Gasteiger partial charge in [0.15, 0.2) is 0 Å². The van der Waals surface area contributed by atoms with E-state index >= 15 is 0 Å². The maximum absolute atomic E-state index is 5.62. The van der Waals surface area contributed by atoms with Gasteiger partial charge in [0.05, 0.1) is 11.4 Å². The normalized spacial score (nSPS) is 10.9. The van der Waals surface area contributed by atoms with E-state index in [1.54, 1.807) is 0 Å². The zero-order valence-corrected chi connectivity index (χ0v) is 11.1. The number of unbranched alkanes of at least 4 members (excludes halogenated alkanes) is 3. The molecule has 0 atom stereocenters. The van der Waals surface area contributed by atoms with Crippen molar-refractivity contribution in [2.75, 3.05) is 12.4 Å². The Balaban J connectivity index is 2.05. The zero-order valence-electron chi connectivity index (χ0n) is 10.3. The van der Waals surface area contributed by atoms with Crippen molar-refractivity contribution in [2.45, 2.75) is 39.2 Å². The molecule has 0 aliphatic rings. The molecule has 1 N–H and O–H groups in total. The van der Waals surface area contributed by atoms with Crippen molar-refractivity contribution in [2.24, 2.45) is 7.05 Å². The molecule has 0 bridgehead atoms.